The molecule has 0 spiro atoms. The molecule has 1 saturated carbocycles. The average molecular weight is 347 g/mol. The number of ether oxygens (including phenoxy) is 1. The van der Waals surface area contributed by atoms with Gasteiger partial charge in [-0.05, 0) is 43.9 Å². The van der Waals surface area contributed by atoms with E-state index in [2.05, 4.69) is 15.5 Å². The molecule has 1 aliphatic heterocycles. The van der Waals surface area contributed by atoms with E-state index in [-0.39, 0.29) is 18.0 Å². The van der Waals surface area contributed by atoms with Gasteiger partial charge in [-0.15, -0.1) is 0 Å². The summed E-state index contributed by atoms with van der Waals surface area (Å²) >= 11 is 0. The van der Waals surface area contributed by atoms with E-state index in [1.807, 2.05) is 24.3 Å². The van der Waals surface area contributed by atoms with E-state index in [0.29, 0.717) is 25.7 Å². The van der Waals surface area contributed by atoms with Crippen LogP contribution in [0, 0.1) is 5.92 Å². The Hall–Kier alpha value is -2.28. The number of morpholine rings is 1. The summed E-state index contributed by atoms with van der Waals surface area (Å²) in [6.07, 6.45) is 2.65. The Bertz CT molecular complexity index is 608. The molecule has 0 atom stereocenters. The molecule has 0 aromatic heterocycles. The molecular formula is C18H25N3O4. The Morgan fingerprint density at radius 2 is 1.84 bits per heavy atom. The number of carbonyl (C=O) groups excluding carboxylic acids is 1. The standard InChI is InChI=1S/C18H25N3O4/c22-17(23)13-4-6-14(7-5-13)19-18(24)20-15-2-1-3-16(12-15)21-8-10-25-11-9-21/h1-3,12-14H,4-11H2,(H,22,23)(H2,19,20,24). The number of aliphatic carboxylic acids is 1. The van der Waals surface area contributed by atoms with Crippen LogP contribution in [-0.4, -0.2) is 49.5 Å². The van der Waals surface area contributed by atoms with Gasteiger partial charge in [-0.3, -0.25) is 4.79 Å². The Balaban J connectivity index is 1.50. The van der Waals surface area contributed by atoms with Crippen LogP contribution >= 0.6 is 0 Å². The van der Waals surface area contributed by atoms with Gasteiger partial charge in [0.1, 0.15) is 0 Å². The molecule has 7 nitrogen and oxygen atoms in total. The summed E-state index contributed by atoms with van der Waals surface area (Å²) in [5.74, 6) is -1.01. The highest BCUT2D eigenvalue weighted by Gasteiger charge is 2.26. The van der Waals surface area contributed by atoms with Crippen LogP contribution in [0.4, 0.5) is 16.2 Å². The quantitative estimate of drug-likeness (QED) is 0.777. The molecule has 3 N–H and O–H groups in total. The number of nitrogens with one attached hydrogen (secondary N) is 2. The van der Waals surface area contributed by atoms with E-state index in [1.54, 1.807) is 0 Å². The fraction of sp³-hybridized carbons (Fsp3) is 0.556. The third-order valence-corrected chi connectivity index (χ3v) is 4.89. The highest BCUT2D eigenvalue weighted by molar-refractivity contribution is 5.90. The van der Waals surface area contributed by atoms with Crippen LogP contribution in [0.15, 0.2) is 24.3 Å². The second-order valence-corrected chi connectivity index (χ2v) is 6.63. The lowest BCUT2D eigenvalue weighted by atomic mass is 9.86. The molecule has 1 aromatic carbocycles. The van der Waals surface area contributed by atoms with Gasteiger partial charge >= 0.3 is 12.0 Å². The first-order valence-electron chi connectivity index (χ1n) is 8.85. The molecule has 0 radical (unpaired) electrons. The van der Waals surface area contributed by atoms with Crippen molar-refractivity contribution in [1.29, 1.82) is 0 Å². The Morgan fingerprint density at radius 3 is 2.52 bits per heavy atom. The number of amides is 2. The summed E-state index contributed by atoms with van der Waals surface area (Å²) in [6.45, 7) is 3.14. The van der Waals surface area contributed by atoms with Gasteiger partial charge < -0.3 is 25.4 Å². The minimum absolute atomic E-state index is 0.0398. The van der Waals surface area contributed by atoms with Crippen LogP contribution in [0.25, 0.3) is 0 Å². The maximum absolute atomic E-state index is 12.2. The van der Waals surface area contributed by atoms with Gasteiger partial charge in [0.25, 0.3) is 0 Å². The van der Waals surface area contributed by atoms with Crippen molar-refractivity contribution in [3.8, 4) is 0 Å². The van der Waals surface area contributed by atoms with Gasteiger partial charge in [0.15, 0.2) is 0 Å². The highest BCUT2D eigenvalue weighted by atomic mass is 16.5. The maximum atomic E-state index is 12.2. The average Bonchev–Trinajstić information content (AvgIpc) is 2.63. The predicted octanol–water partition coefficient (Wildman–Crippen LogP) is 2.29. The second-order valence-electron chi connectivity index (χ2n) is 6.63. The number of rotatable bonds is 4. The van der Waals surface area contributed by atoms with E-state index < -0.39 is 5.97 Å². The van der Waals surface area contributed by atoms with Crippen LogP contribution < -0.4 is 15.5 Å². The van der Waals surface area contributed by atoms with E-state index in [9.17, 15) is 9.59 Å². The summed E-state index contributed by atoms with van der Waals surface area (Å²) in [6, 6.07) is 7.59. The number of hydrogen-bond donors (Lipinski definition) is 3. The number of hydrogen-bond acceptors (Lipinski definition) is 4. The molecule has 2 amide bonds. The first-order chi connectivity index (χ1) is 12.1. The monoisotopic (exact) mass is 347 g/mol. The Kier molecular flexibility index (Phi) is 5.75. The Morgan fingerprint density at radius 1 is 1.12 bits per heavy atom. The van der Waals surface area contributed by atoms with Gasteiger partial charge in [-0.25, -0.2) is 4.79 Å². The molecule has 1 aliphatic carbocycles. The summed E-state index contributed by atoms with van der Waals surface area (Å²) in [5, 5.41) is 14.9. The normalized spacial score (nSPS) is 23.8. The van der Waals surface area contributed by atoms with Crippen molar-refractivity contribution < 1.29 is 19.4 Å². The molecule has 2 aliphatic rings. The van der Waals surface area contributed by atoms with Crippen LogP contribution in [0.5, 0.6) is 0 Å². The predicted molar refractivity (Wildman–Crippen MR) is 95.0 cm³/mol. The first kappa shape index (κ1) is 17.5. The van der Waals surface area contributed by atoms with Gasteiger partial charge in [-0.1, -0.05) is 6.07 Å². The first-order valence-corrected chi connectivity index (χ1v) is 8.85. The fourth-order valence-electron chi connectivity index (χ4n) is 3.44. The molecule has 2 fully saturated rings. The van der Waals surface area contributed by atoms with Crippen LogP contribution in [-0.2, 0) is 9.53 Å². The fourth-order valence-corrected chi connectivity index (χ4v) is 3.44. The number of benzene rings is 1. The number of anilines is 2. The van der Waals surface area contributed by atoms with Gasteiger partial charge in [0.2, 0.25) is 0 Å². The summed E-state index contributed by atoms with van der Waals surface area (Å²) in [7, 11) is 0. The molecule has 1 aromatic rings. The van der Waals surface area contributed by atoms with Crippen molar-refractivity contribution in [2.75, 3.05) is 36.5 Å². The van der Waals surface area contributed by atoms with Crippen molar-refractivity contribution in [1.82, 2.24) is 5.32 Å². The van der Waals surface area contributed by atoms with E-state index in [0.717, 1.165) is 37.7 Å². The lowest BCUT2D eigenvalue weighted by Gasteiger charge is -2.29. The summed E-state index contributed by atoms with van der Waals surface area (Å²) in [4.78, 5) is 25.4. The molecule has 0 unspecified atom stereocenters. The van der Waals surface area contributed by atoms with Crippen molar-refractivity contribution in [3.63, 3.8) is 0 Å². The highest BCUT2D eigenvalue weighted by Crippen LogP contribution is 2.25. The van der Waals surface area contributed by atoms with Crippen LogP contribution in [0.2, 0.25) is 0 Å². The molecule has 3 rings (SSSR count). The van der Waals surface area contributed by atoms with E-state index in [1.165, 1.54) is 0 Å². The van der Waals surface area contributed by atoms with Gasteiger partial charge in [-0.2, -0.15) is 0 Å². The minimum atomic E-state index is -0.733. The smallest absolute Gasteiger partial charge is 0.319 e. The molecule has 136 valence electrons. The zero-order valence-corrected chi connectivity index (χ0v) is 14.2. The number of carboxylic acids is 1. The van der Waals surface area contributed by atoms with Crippen molar-refractivity contribution in [2.45, 2.75) is 31.7 Å². The molecular weight excluding hydrogens is 322 g/mol. The van der Waals surface area contributed by atoms with Crippen LogP contribution in [0.3, 0.4) is 0 Å². The van der Waals surface area contributed by atoms with Crippen molar-refractivity contribution >= 4 is 23.4 Å². The number of urea groups is 1. The SMILES string of the molecule is O=C(Nc1cccc(N2CCOCC2)c1)NC1CCC(C(=O)O)CC1. The molecule has 25 heavy (non-hydrogen) atoms. The van der Waals surface area contributed by atoms with Gasteiger partial charge in [0.05, 0.1) is 19.1 Å². The zero-order valence-electron chi connectivity index (χ0n) is 14.2. The maximum Gasteiger partial charge on any atom is 0.319 e. The van der Waals surface area contributed by atoms with Crippen molar-refractivity contribution in [2.24, 2.45) is 5.92 Å². The number of carboxylic acid groups (broad SMARTS) is 1. The van der Waals surface area contributed by atoms with E-state index >= 15 is 0 Å². The number of nitrogens with zero attached hydrogens (tertiary/aromatic N) is 1. The topological polar surface area (TPSA) is 90.9 Å². The third kappa shape index (κ3) is 4.85. The Labute approximate surface area is 147 Å². The lowest BCUT2D eigenvalue weighted by Crippen LogP contribution is -2.41. The number of carbonyl (C=O) groups is 2. The molecule has 1 heterocycles. The molecule has 0 bridgehead atoms. The van der Waals surface area contributed by atoms with Crippen molar-refractivity contribution in [3.05, 3.63) is 24.3 Å². The zero-order chi connectivity index (χ0) is 17.6. The lowest BCUT2D eigenvalue weighted by molar-refractivity contribution is -0.142. The third-order valence-electron chi connectivity index (χ3n) is 4.89. The summed E-state index contributed by atoms with van der Waals surface area (Å²) in [5.41, 5.74) is 1.82. The molecule has 1 saturated heterocycles. The minimum Gasteiger partial charge on any atom is -0.481 e. The van der Waals surface area contributed by atoms with Crippen LogP contribution in [0.1, 0.15) is 25.7 Å². The van der Waals surface area contributed by atoms with E-state index in [4.69, 9.17) is 9.84 Å². The van der Waals surface area contributed by atoms with Gasteiger partial charge in [0, 0.05) is 30.5 Å². The second kappa shape index (κ2) is 8.20. The largest absolute Gasteiger partial charge is 0.481 e. The molecule has 7 heteroatoms. The summed E-state index contributed by atoms with van der Waals surface area (Å²) < 4.78 is 5.36.